The Bertz CT molecular complexity index is 676. The first-order chi connectivity index (χ1) is 11.0. The van der Waals surface area contributed by atoms with E-state index in [0.717, 1.165) is 24.9 Å². The molecule has 0 N–H and O–H groups in total. The summed E-state index contributed by atoms with van der Waals surface area (Å²) in [6, 6.07) is 8.04. The van der Waals surface area contributed by atoms with Gasteiger partial charge in [-0.3, -0.25) is 4.79 Å². The van der Waals surface area contributed by atoms with Crippen LogP contribution >= 0.6 is 0 Å². The average molecular weight is 313 g/mol. The highest BCUT2D eigenvalue weighted by Gasteiger charge is 2.29. The van der Waals surface area contributed by atoms with E-state index in [9.17, 15) is 4.79 Å². The number of hydrogen-bond acceptors (Lipinski definition) is 4. The van der Waals surface area contributed by atoms with Crippen LogP contribution in [0, 0.1) is 12.8 Å². The van der Waals surface area contributed by atoms with Crippen LogP contribution in [0.5, 0.6) is 0 Å². The first kappa shape index (κ1) is 15.7. The highest BCUT2D eigenvalue weighted by molar-refractivity contribution is 5.78. The lowest BCUT2D eigenvalue weighted by molar-refractivity contribution is -0.135. The molecule has 5 heteroatoms. The van der Waals surface area contributed by atoms with Crippen molar-refractivity contribution < 1.29 is 9.21 Å². The van der Waals surface area contributed by atoms with Crippen LogP contribution in [0.4, 0.5) is 0 Å². The second kappa shape index (κ2) is 6.52. The molecule has 1 aliphatic rings. The van der Waals surface area contributed by atoms with E-state index in [1.54, 1.807) is 0 Å². The molecule has 1 aromatic heterocycles. The molecule has 5 nitrogen and oxygen atoms in total. The van der Waals surface area contributed by atoms with Gasteiger partial charge in [0.05, 0.1) is 5.92 Å². The van der Waals surface area contributed by atoms with Gasteiger partial charge in [0.2, 0.25) is 17.7 Å². The van der Waals surface area contributed by atoms with Crippen LogP contribution in [0.2, 0.25) is 0 Å². The Kier molecular flexibility index (Phi) is 4.46. The van der Waals surface area contributed by atoms with Crippen LogP contribution in [-0.4, -0.2) is 34.1 Å². The summed E-state index contributed by atoms with van der Waals surface area (Å²) in [4.78, 5) is 14.1. The van der Waals surface area contributed by atoms with Gasteiger partial charge in [0.15, 0.2) is 0 Å². The zero-order valence-corrected chi connectivity index (χ0v) is 14.0. The molecule has 1 saturated heterocycles. The molecule has 1 aromatic carbocycles. The smallest absolute Gasteiger partial charge is 0.247 e. The number of hydrogen-bond donors (Lipinski definition) is 0. The maximum Gasteiger partial charge on any atom is 0.247 e. The first-order valence-electron chi connectivity index (χ1n) is 8.24. The average Bonchev–Trinajstić information content (AvgIpc) is 3.05. The van der Waals surface area contributed by atoms with Crippen LogP contribution in [-0.2, 0) is 4.79 Å². The molecule has 0 unspecified atom stereocenters. The number of amides is 1. The predicted molar refractivity (Wildman–Crippen MR) is 87.9 cm³/mol. The quantitative estimate of drug-likeness (QED) is 0.871. The fourth-order valence-electron chi connectivity index (χ4n) is 2.96. The molecule has 1 aliphatic heterocycles. The van der Waals surface area contributed by atoms with E-state index in [1.165, 1.54) is 5.56 Å². The lowest BCUT2D eigenvalue weighted by Gasteiger charge is -2.32. The summed E-state index contributed by atoms with van der Waals surface area (Å²) in [6.45, 7) is 7.42. The Balaban J connectivity index is 1.74. The monoisotopic (exact) mass is 313 g/mol. The molecule has 2 heterocycles. The SMILES string of the molecule is Cc1ccc(-c2nnc([C@H]3CCCN(C(=O)C(C)C)C3)o2)cc1. The van der Waals surface area contributed by atoms with Crippen molar-refractivity contribution in [3.63, 3.8) is 0 Å². The third-order valence-corrected chi connectivity index (χ3v) is 4.32. The predicted octanol–water partition coefficient (Wildman–Crippen LogP) is 3.41. The molecule has 3 rings (SSSR count). The van der Waals surface area contributed by atoms with Crippen LogP contribution < -0.4 is 0 Å². The minimum absolute atomic E-state index is 0.0274. The number of nitrogens with zero attached hydrogens (tertiary/aromatic N) is 3. The molecule has 0 radical (unpaired) electrons. The second-order valence-electron chi connectivity index (χ2n) is 6.59. The topological polar surface area (TPSA) is 59.2 Å². The zero-order valence-electron chi connectivity index (χ0n) is 14.0. The number of aryl methyl sites for hydroxylation is 1. The summed E-state index contributed by atoms with van der Waals surface area (Å²) in [5, 5.41) is 8.40. The van der Waals surface area contributed by atoms with E-state index >= 15 is 0 Å². The molecular weight excluding hydrogens is 290 g/mol. The zero-order chi connectivity index (χ0) is 16.4. The molecule has 0 saturated carbocycles. The van der Waals surface area contributed by atoms with Crippen molar-refractivity contribution in [3.8, 4) is 11.5 Å². The van der Waals surface area contributed by atoms with Gasteiger partial charge in [0.25, 0.3) is 0 Å². The maximum absolute atomic E-state index is 12.2. The van der Waals surface area contributed by atoms with Crippen molar-refractivity contribution in [1.82, 2.24) is 15.1 Å². The van der Waals surface area contributed by atoms with Crippen molar-refractivity contribution in [2.75, 3.05) is 13.1 Å². The second-order valence-corrected chi connectivity index (χ2v) is 6.59. The maximum atomic E-state index is 12.2. The Labute approximate surface area is 136 Å². The van der Waals surface area contributed by atoms with Gasteiger partial charge in [-0.2, -0.15) is 0 Å². The van der Waals surface area contributed by atoms with Crippen LogP contribution in [0.25, 0.3) is 11.5 Å². The largest absolute Gasteiger partial charge is 0.420 e. The molecule has 122 valence electrons. The number of likely N-dealkylation sites (tertiary alicyclic amines) is 1. The molecule has 0 bridgehead atoms. The van der Waals surface area contributed by atoms with E-state index in [0.29, 0.717) is 18.3 Å². The molecular formula is C18H23N3O2. The lowest BCUT2D eigenvalue weighted by atomic mass is 9.97. The van der Waals surface area contributed by atoms with Crippen molar-refractivity contribution in [3.05, 3.63) is 35.7 Å². The van der Waals surface area contributed by atoms with Crippen molar-refractivity contribution in [1.29, 1.82) is 0 Å². The number of rotatable bonds is 3. The fourth-order valence-corrected chi connectivity index (χ4v) is 2.96. The van der Waals surface area contributed by atoms with E-state index in [4.69, 9.17) is 4.42 Å². The number of carbonyl (C=O) groups is 1. The van der Waals surface area contributed by atoms with Crippen LogP contribution in [0.3, 0.4) is 0 Å². The summed E-state index contributed by atoms with van der Waals surface area (Å²) in [5.41, 5.74) is 2.13. The van der Waals surface area contributed by atoms with E-state index < -0.39 is 0 Å². The van der Waals surface area contributed by atoms with Gasteiger partial charge in [0, 0.05) is 24.6 Å². The summed E-state index contributed by atoms with van der Waals surface area (Å²) in [7, 11) is 0. The Morgan fingerprint density at radius 1 is 1.26 bits per heavy atom. The lowest BCUT2D eigenvalue weighted by Crippen LogP contribution is -2.41. The number of carbonyl (C=O) groups excluding carboxylic acids is 1. The van der Waals surface area contributed by atoms with Gasteiger partial charge in [0.1, 0.15) is 0 Å². The van der Waals surface area contributed by atoms with Gasteiger partial charge in [-0.05, 0) is 31.9 Å². The van der Waals surface area contributed by atoms with Crippen molar-refractivity contribution in [2.45, 2.75) is 39.5 Å². The molecule has 23 heavy (non-hydrogen) atoms. The van der Waals surface area contributed by atoms with E-state index in [1.807, 2.05) is 49.9 Å². The number of piperidine rings is 1. The molecule has 0 spiro atoms. The van der Waals surface area contributed by atoms with Crippen LogP contribution in [0.15, 0.2) is 28.7 Å². The van der Waals surface area contributed by atoms with Gasteiger partial charge in [-0.15, -0.1) is 10.2 Å². The minimum Gasteiger partial charge on any atom is -0.420 e. The molecule has 0 aliphatic carbocycles. The summed E-state index contributed by atoms with van der Waals surface area (Å²) >= 11 is 0. The summed E-state index contributed by atoms with van der Waals surface area (Å²) < 4.78 is 5.88. The highest BCUT2D eigenvalue weighted by Crippen LogP contribution is 2.29. The minimum atomic E-state index is 0.0274. The van der Waals surface area contributed by atoms with Gasteiger partial charge in [-0.1, -0.05) is 31.5 Å². The normalized spacial score (nSPS) is 18.4. The molecule has 2 aromatic rings. The van der Waals surface area contributed by atoms with Crippen molar-refractivity contribution >= 4 is 5.91 Å². The molecule has 1 atom stereocenters. The molecule has 1 amide bonds. The van der Waals surface area contributed by atoms with Crippen molar-refractivity contribution in [2.24, 2.45) is 5.92 Å². The van der Waals surface area contributed by atoms with E-state index in [2.05, 4.69) is 10.2 Å². The van der Waals surface area contributed by atoms with Crippen LogP contribution in [0.1, 0.15) is 44.1 Å². The number of benzene rings is 1. The standard InChI is InChI=1S/C18H23N3O2/c1-12(2)18(22)21-10-4-5-15(11-21)17-20-19-16(23-17)14-8-6-13(3)7-9-14/h6-9,12,15H,4-5,10-11H2,1-3H3/t15-/m0/s1. The Morgan fingerprint density at radius 2 is 2.00 bits per heavy atom. The highest BCUT2D eigenvalue weighted by atomic mass is 16.4. The third kappa shape index (κ3) is 3.44. The number of aromatic nitrogens is 2. The van der Waals surface area contributed by atoms with E-state index in [-0.39, 0.29) is 17.7 Å². The first-order valence-corrected chi connectivity index (χ1v) is 8.24. The Morgan fingerprint density at radius 3 is 2.70 bits per heavy atom. The van der Waals surface area contributed by atoms with Gasteiger partial charge < -0.3 is 9.32 Å². The third-order valence-electron chi connectivity index (χ3n) is 4.32. The molecule has 1 fully saturated rings. The summed E-state index contributed by atoms with van der Waals surface area (Å²) in [6.07, 6.45) is 1.96. The fraction of sp³-hybridized carbons (Fsp3) is 0.500. The van der Waals surface area contributed by atoms with Gasteiger partial charge in [-0.25, -0.2) is 0 Å². The summed E-state index contributed by atoms with van der Waals surface area (Å²) in [5.74, 6) is 1.56. The van der Waals surface area contributed by atoms with Gasteiger partial charge >= 0.3 is 0 Å². The Hall–Kier alpha value is -2.17.